The van der Waals surface area contributed by atoms with Crippen molar-refractivity contribution in [2.45, 2.75) is 33.2 Å². The highest BCUT2D eigenvalue weighted by Crippen LogP contribution is 2.11. The summed E-state index contributed by atoms with van der Waals surface area (Å²) in [6, 6.07) is 4.94. The van der Waals surface area contributed by atoms with E-state index >= 15 is 0 Å². The maximum Gasteiger partial charge on any atom is 0.303 e. The molecule has 0 unspecified atom stereocenters. The van der Waals surface area contributed by atoms with Crippen molar-refractivity contribution in [1.29, 1.82) is 0 Å². The molecule has 0 saturated carbocycles. The molecule has 21 heavy (non-hydrogen) atoms. The zero-order chi connectivity index (χ0) is 16.0. The number of hydrogen-bond donors (Lipinski definition) is 2. The maximum absolute atomic E-state index is 11.6. The molecule has 1 aromatic rings. The zero-order valence-corrected chi connectivity index (χ0v) is 12.4. The van der Waals surface area contributed by atoms with Gasteiger partial charge in [-0.3, -0.25) is 14.4 Å². The Labute approximate surface area is 123 Å². The Balaban J connectivity index is 2.69. The molecule has 1 aromatic carbocycles. The first kappa shape index (κ1) is 16.7. The van der Waals surface area contributed by atoms with E-state index < -0.39 is 30.4 Å². The molecule has 1 atom stereocenters. The number of nitrogens with one attached hydrogen (secondary N) is 1. The normalized spacial score (nSPS) is 11.6. The topological polar surface area (TPSA) is 98.5 Å². The molecule has 6 heteroatoms. The fraction of sp³-hybridized carbons (Fsp3) is 0.400. The molecule has 0 saturated heterocycles. The van der Waals surface area contributed by atoms with Gasteiger partial charge in [-0.15, -0.1) is 0 Å². The maximum atomic E-state index is 11.6. The van der Waals surface area contributed by atoms with Crippen LogP contribution in [0.3, 0.4) is 0 Å². The second-order valence-electron chi connectivity index (χ2n) is 4.93. The quantitative estimate of drug-likeness (QED) is 0.740. The Kier molecular flexibility index (Phi) is 5.90. The lowest BCUT2D eigenvalue weighted by atomic mass is 10.0. The number of carbonyl (C=O) groups is 3. The van der Waals surface area contributed by atoms with Gasteiger partial charge < -0.3 is 15.8 Å². The van der Waals surface area contributed by atoms with Gasteiger partial charge in [0.15, 0.2) is 6.61 Å². The van der Waals surface area contributed by atoms with Gasteiger partial charge in [-0.2, -0.15) is 0 Å². The number of rotatable bonds is 6. The number of primary amides is 1. The van der Waals surface area contributed by atoms with Crippen LogP contribution in [0.15, 0.2) is 18.2 Å². The molecule has 0 fully saturated rings. The monoisotopic (exact) mass is 292 g/mol. The molecule has 114 valence electrons. The minimum absolute atomic E-state index is 0.294. The molecule has 6 nitrogen and oxygen atoms in total. The Bertz CT molecular complexity index is 555. The molecule has 2 amide bonds. The van der Waals surface area contributed by atoms with E-state index in [0.717, 1.165) is 16.7 Å². The average molecular weight is 292 g/mol. The van der Waals surface area contributed by atoms with Gasteiger partial charge in [-0.25, -0.2) is 0 Å². The minimum atomic E-state index is -0.838. The lowest BCUT2D eigenvalue weighted by Crippen LogP contribution is -2.47. The van der Waals surface area contributed by atoms with Crippen molar-refractivity contribution in [2.75, 3.05) is 6.61 Å². The van der Waals surface area contributed by atoms with Crippen molar-refractivity contribution in [3.63, 3.8) is 0 Å². The molecule has 0 aliphatic heterocycles. The molecule has 0 aromatic heterocycles. The second kappa shape index (κ2) is 7.42. The third kappa shape index (κ3) is 5.64. The third-order valence-corrected chi connectivity index (χ3v) is 3.10. The van der Waals surface area contributed by atoms with Crippen molar-refractivity contribution in [1.82, 2.24) is 5.32 Å². The van der Waals surface area contributed by atoms with Crippen molar-refractivity contribution < 1.29 is 19.1 Å². The predicted octanol–water partition coefficient (Wildman–Crippen LogP) is 0.379. The Morgan fingerprint density at radius 1 is 1.24 bits per heavy atom. The summed E-state index contributed by atoms with van der Waals surface area (Å²) in [6.45, 7) is 4.74. The number of hydrogen-bond acceptors (Lipinski definition) is 4. The van der Waals surface area contributed by atoms with E-state index in [1.165, 1.54) is 6.92 Å². The van der Waals surface area contributed by atoms with Gasteiger partial charge in [-0.05, 0) is 30.5 Å². The molecular weight excluding hydrogens is 272 g/mol. The summed E-state index contributed by atoms with van der Waals surface area (Å²) in [5, 5.41) is 2.46. The standard InChI is InChI=1S/C15H20N2O4/c1-9-4-5-12(6-10(9)2)7-13(15(16)20)17-14(19)8-21-11(3)18/h4-6,13H,7-8H2,1-3H3,(H2,16,20)(H,17,19)/t13-/m0/s1. The lowest BCUT2D eigenvalue weighted by molar-refractivity contribution is -0.146. The van der Waals surface area contributed by atoms with Gasteiger partial charge in [0.2, 0.25) is 5.91 Å². The zero-order valence-electron chi connectivity index (χ0n) is 12.4. The van der Waals surface area contributed by atoms with Crippen LogP contribution in [0, 0.1) is 13.8 Å². The van der Waals surface area contributed by atoms with E-state index in [1.54, 1.807) is 0 Å². The van der Waals surface area contributed by atoms with Crippen LogP contribution in [0.2, 0.25) is 0 Å². The first-order valence-electron chi connectivity index (χ1n) is 6.57. The number of benzene rings is 1. The van der Waals surface area contributed by atoms with Crippen LogP contribution < -0.4 is 11.1 Å². The predicted molar refractivity (Wildman–Crippen MR) is 77.4 cm³/mol. The van der Waals surface area contributed by atoms with Crippen LogP contribution in [0.4, 0.5) is 0 Å². The van der Waals surface area contributed by atoms with Crippen LogP contribution in [0.25, 0.3) is 0 Å². The summed E-state index contributed by atoms with van der Waals surface area (Å²) in [5.74, 6) is -1.75. The molecule has 0 aliphatic carbocycles. The van der Waals surface area contributed by atoms with Crippen molar-refractivity contribution in [2.24, 2.45) is 5.73 Å². The van der Waals surface area contributed by atoms with E-state index in [0.29, 0.717) is 6.42 Å². The number of amides is 2. The Morgan fingerprint density at radius 3 is 2.43 bits per heavy atom. The summed E-state index contributed by atoms with van der Waals surface area (Å²) >= 11 is 0. The molecule has 0 heterocycles. The van der Waals surface area contributed by atoms with Crippen LogP contribution >= 0.6 is 0 Å². The molecule has 0 spiro atoms. The van der Waals surface area contributed by atoms with E-state index in [1.807, 2.05) is 32.0 Å². The van der Waals surface area contributed by atoms with Gasteiger partial charge in [0.05, 0.1) is 0 Å². The molecule has 1 rings (SSSR count). The summed E-state index contributed by atoms with van der Waals surface area (Å²) in [7, 11) is 0. The van der Waals surface area contributed by atoms with Crippen LogP contribution in [-0.2, 0) is 25.5 Å². The average Bonchev–Trinajstić information content (AvgIpc) is 2.39. The number of esters is 1. The Hall–Kier alpha value is -2.37. The molecule has 3 N–H and O–H groups in total. The Morgan fingerprint density at radius 2 is 1.90 bits per heavy atom. The van der Waals surface area contributed by atoms with Crippen LogP contribution in [-0.4, -0.2) is 30.4 Å². The summed E-state index contributed by atoms with van der Waals surface area (Å²) < 4.78 is 4.57. The minimum Gasteiger partial charge on any atom is -0.456 e. The molecule has 0 aliphatic rings. The van der Waals surface area contributed by atoms with Crippen LogP contribution in [0.1, 0.15) is 23.6 Å². The molecular formula is C15H20N2O4. The number of nitrogens with two attached hydrogens (primary N) is 1. The summed E-state index contributed by atoms with van der Waals surface area (Å²) in [4.78, 5) is 33.6. The van der Waals surface area contributed by atoms with E-state index in [4.69, 9.17) is 5.73 Å². The van der Waals surface area contributed by atoms with Crippen molar-refractivity contribution in [3.8, 4) is 0 Å². The largest absolute Gasteiger partial charge is 0.456 e. The fourth-order valence-electron chi connectivity index (χ4n) is 1.79. The third-order valence-electron chi connectivity index (χ3n) is 3.10. The van der Waals surface area contributed by atoms with Gasteiger partial charge in [0.1, 0.15) is 6.04 Å². The van der Waals surface area contributed by atoms with E-state index in [9.17, 15) is 14.4 Å². The van der Waals surface area contributed by atoms with Crippen molar-refractivity contribution in [3.05, 3.63) is 34.9 Å². The molecule has 0 radical (unpaired) electrons. The first-order chi connectivity index (χ1) is 9.79. The fourth-order valence-corrected chi connectivity index (χ4v) is 1.79. The number of carbonyl (C=O) groups excluding carboxylic acids is 3. The SMILES string of the molecule is CC(=O)OCC(=O)N[C@@H](Cc1ccc(C)c(C)c1)C(N)=O. The number of ether oxygens (including phenoxy) is 1. The van der Waals surface area contributed by atoms with Gasteiger partial charge in [0, 0.05) is 13.3 Å². The smallest absolute Gasteiger partial charge is 0.303 e. The van der Waals surface area contributed by atoms with Crippen LogP contribution in [0.5, 0.6) is 0 Å². The number of aryl methyl sites for hydroxylation is 2. The van der Waals surface area contributed by atoms with Gasteiger partial charge >= 0.3 is 5.97 Å². The summed E-state index contributed by atoms with van der Waals surface area (Å²) in [6.07, 6.45) is 0.294. The highest BCUT2D eigenvalue weighted by atomic mass is 16.5. The lowest BCUT2D eigenvalue weighted by Gasteiger charge is -2.16. The van der Waals surface area contributed by atoms with E-state index in [2.05, 4.69) is 10.1 Å². The first-order valence-corrected chi connectivity index (χ1v) is 6.57. The van der Waals surface area contributed by atoms with Gasteiger partial charge in [0.25, 0.3) is 5.91 Å². The van der Waals surface area contributed by atoms with E-state index in [-0.39, 0.29) is 0 Å². The highest BCUT2D eigenvalue weighted by Gasteiger charge is 2.19. The van der Waals surface area contributed by atoms with Gasteiger partial charge in [-0.1, -0.05) is 18.2 Å². The second-order valence-corrected chi connectivity index (χ2v) is 4.93. The van der Waals surface area contributed by atoms with Crippen molar-refractivity contribution >= 4 is 17.8 Å². The highest BCUT2D eigenvalue weighted by molar-refractivity contribution is 5.88. The molecule has 0 bridgehead atoms. The summed E-state index contributed by atoms with van der Waals surface area (Å²) in [5.41, 5.74) is 8.44.